The third-order valence-corrected chi connectivity index (χ3v) is 6.69. The third-order valence-electron chi connectivity index (χ3n) is 6.69. The van der Waals surface area contributed by atoms with E-state index >= 15 is 0 Å². The molecule has 1 aromatic rings. The summed E-state index contributed by atoms with van der Waals surface area (Å²) in [4.78, 5) is 26.0. The van der Waals surface area contributed by atoms with Crippen LogP contribution in [0.4, 0.5) is 0 Å². The maximum absolute atomic E-state index is 11.7. The number of allylic oxidation sites excluding steroid dienone is 2. The van der Waals surface area contributed by atoms with Crippen molar-refractivity contribution in [2.45, 2.75) is 89.3 Å². The van der Waals surface area contributed by atoms with Gasteiger partial charge in [-0.15, -0.1) is 10.1 Å². The molecule has 0 saturated heterocycles. The van der Waals surface area contributed by atoms with Crippen molar-refractivity contribution in [2.24, 2.45) is 11.8 Å². The Morgan fingerprint density at radius 3 is 2.49 bits per heavy atom. The minimum absolute atomic E-state index is 0.0111. The number of carbonyl (C=O) groups is 1. The lowest BCUT2D eigenvalue weighted by molar-refractivity contribution is -0.757. The first-order chi connectivity index (χ1) is 17.0. The molecule has 1 aliphatic carbocycles. The highest BCUT2D eigenvalue weighted by Gasteiger charge is 2.40. The fraction of sp³-hybridized carbons (Fsp3) is 0.667. The molecule has 2 N–H and O–H groups in total. The molecule has 8 heteroatoms. The number of nitrogens with zero attached hydrogens (tertiary/aromatic N) is 1. The van der Waals surface area contributed by atoms with Crippen LogP contribution in [0.25, 0.3) is 0 Å². The summed E-state index contributed by atoms with van der Waals surface area (Å²) in [5, 5.41) is 30.1. The van der Waals surface area contributed by atoms with Crippen LogP contribution in [0.15, 0.2) is 42.5 Å². The van der Waals surface area contributed by atoms with Crippen molar-refractivity contribution in [1.29, 1.82) is 0 Å². The van der Waals surface area contributed by atoms with E-state index in [9.17, 15) is 25.1 Å². The summed E-state index contributed by atoms with van der Waals surface area (Å²) < 4.78 is 5.11. The second-order valence-electron chi connectivity index (χ2n) is 9.37. The van der Waals surface area contributed by atoms with Gasteiger partial charge in [-0.25, -0.2) is 0 Å². The fourth-order valence-corrected chi connectivity index (χ4v) is 4.77. The summed E-state index contributed by atoms with van der Waals surface area (Å²) >= 11 is 0. The monoisotopic (exact) mass is 491 g/mol. The first kappa shape index (κ1) is 28.8. The lowest BCUT2D eigenvalue weighted by atomic mass is 9.86. The molecular formula is C27H41NO7. The molecule has 1 aromatic carbocycles. The molecule has 0 amide bonds. The van der Waals surface area contributed by atoms with Gasteiger partial charge in [0.25, 0.3) is 5.09 Å². The molecule has 1 saturated carbocycles. The molecule has 0 heterocycles. The highest BCUT2D eigenvalue weighted by molar-refractivity contribution is 5.69. The van der Waals surface area contributed by atoms with Crippen molar-refractivity contribution < 1.29 is 29.7 Å². The van der Waals surface area contributed by atoms with Gasteiger partial charge in [-0.05, 0) is 75.2 Å². The quantitative estimate of drug-likeness (QED) is 0.0995. The topological polar surface area (TPSA) is 119 Å². The lowest BCUT2D eigenvalue weighted by Crippen LogP contribution is -2.21. The molecule has 196 valence electrons. The molecule has 2 rings (SSSR count). The van der Waals surface area contributed by atoms with E-state index in [1.807, 2.05) is 12.1 Å². The van der Waals surface area contributed by atoms with Crippen molar-refractivity contribution in [3.05, 3.63) is 58.2 Å². The van der Waals surface area contributed by atoms with E-state index in [1.165, 1.54) is 5.56 Å². The number of aliphatic hydroxyl groups excluding tert-OH is 2. The number of ether oxygens (including phenoxy) is 1. The van der Waals surface area contributed by atoms with Crippen molar-refractivity contribution >= 4 is 5.97 Å². The first-order valence-corrected chi connectivity index (χ1v) is 13.0. The average Bonchev–Trinajstić information content (AvgIpc) is 3.10. The van der Waals surface area contributed by atoms with E-state index in [0.29, 0.717) is 32.1 Å². The molecule has 4 atom stereocenters. The van der Waals surface area contributed by atoms with E-state index in [2.05, 4.69) is 35.2 Å². The Labute approximate surface area is 208 Å². The summed E-state index contributed by atoms with van der Waals surface area (Å²) in [6.45, 7) is 0.252. The Morgan fingerprint density at radius 2 is 1.71 bits per heavy atom. The normalized spacial score (nSPS) is 21.9. The van der Waals surface area contributed by atoms with Gasteiger partial charge < -0.3 is 19.8 Å². The molecule has 8 nitrogen and oxygen atoms in total. The molecule has 0 bridgehead atoms. The van der Waals surface area contributed by atoms with Crippen LogP contribution in [0.2, 0.25) is 0 Å². The van der Waals surface area contributed by atoms with Gasteiger partial charge >= 0.3 is 5.97 Å². The van der Waals surface area contributed by atoms with Gasteiger partial charge in [0, 0.05) is 6.42 Å². The molecular weight excluding hydrogens is 450 g/mol. The van der Waals surface area contributed by atoms with E-state index < -0.39 is 17.3 Å². The molecule has 0 unspecified atom stereocenters. The van der Waals surface area contributed by atoms with Crippen LogP contribution >= 0.6 is 0 Å². The number of benzene rings is 1. The number of unbranched alkanes of at least 4 members (excludes halogenated alkanes) is 4. The molecule has 35 heavy (non-hydrogen) atoms. The maximum atomic E-state index is 11.7. The Hall–Kier alpha value is -2.45. The van der Waals surface area contributed by atoms with Crippen LogP contribution in [-0.4, -0.2) is 46.7 Å². The van der Waals surface area contributed by atoms with Gasteiger partial charge in [-0.3, -0.25) is 4.79 Å². The molecule has 0 aliphatic heterocycles. The molecule has 1 fully saturated rings. The number of rotatable bonds is 18. The average molecular weight is 492 g/mol. The molecule has 0 radical (unpaired) electrons. The summed E-state index contributed by atoms with van der Waals surface area (Å²) in [6, 6.07) is 10.5. The SMILES string of the molecule is O=C(CCC/C=C\C[C@@H]1[C@@H](CCCCCc2ccccc2)[C@H](O)C[C@@H]1O)OCCCCO[N+](=O)[O-]. The van der Waals surface area contributed by atoms with Gasteiger partial charge in [0.05, 0.1) is 25.4 Å². The van der Waals surface area contributed by atoms with E-state index in [-0.39, 0.29) is 31.0 Å². The van der Waals surface area contributed by atoms with Crippen molar-refractivity contribution in [1.82, 2.24) is 0 Å². The van der Waals surface area contributed by atoms with Gasteiger partial charge in [0.2, 0.25) is 0 Å². The lowest BCUT2D eigenvalue weighted by Gasteiger charge is -2.22. The van der Waals surface area contributed by atoms with Crippen LogP contribution in [0.1, 0.15) is 76.2 Å². The van der Waals surface area contributed by atoms with Gasteiger partial charge in [-0.1, -0.05) is 55.3 Å². The number of carbonyl (C=O) groups excluding carboxylic acids is 1. The van der Waals surface area contributed by atoms with Crippen molar-refractivity contribution in [2.75, 3.05) is 13.2 Å². The second kappa shape index (κ2) is 17.1. The van der Waals surface area contributed by atoms with Crippen LogP contribution in [-0.2, 0) is 20.8 Å². The van der Waals surface area contributed by atoms with Crippen LogP contribution in [0, 0.1) is 22.0 Å². The van der Waals surface area contributed by atoms with Crippen molar-refractivity contribution in [3.63, 3.8) is 0 Å². The number of aliphatic hydroxyl groups is 2. The van der Waals surface area contributed by atoms with Crippen LogP contribution in [0.5, 0.6) is 0 Å². The maximum Gasteiger partial charge on any atom is 0.305 e. The van der Waals surface area contributed by atoms with Crippen LogP contribution in [0.3, 0.4) is 0 Å². The minimum atomic E-state index is -0.830. The number of esters is 1. The Balaban J connectivity index is 1.55. The number of aryl methyl sites for hydroxylation is 1. The summed E-state index contributed by atoms with van der Waals surface area (Å²) in [6.07, 6.45) is 12.5. The molecule has 1 aliphatic rings. The third kappa shape index (κ3) is 12.2. The smallest absolute Gasteiger partial charge is 0.305 e. The largest absolute Gasteiger partial charge is 0.466 e. The van der Waals surface area contributed by atoms with E-state index in [0.717, 1.165) is 44.9 Å². The Bertz CT molecular complexity index is 755. The summed E-state index contributed by atoms with van der Waals surface area (Å²) in [5.74, 6) is -0.0491. The van der Waals surface area contributed by atoms with Gasteiger partial charge in [0.15, 0.2) is 0 Å². The predicted octanol–water partition coefficient (Wildman–Crippen LogP) is 4.80. The Kier molecular flexibility index (Phi) is 14.0. The zero-order chi connectivity index (χ0) is 25.3. The molecule has 0 spiro atoms. The highest BCUT2D eigenvalue weighted by Crippen LogP contribution is 2.38. The van der Waals surface area contributed by atoms with Gasteiger partial charge in [0.1, 0.15) is 0 Å². The second-order valence-corrected chi connectivity index (χ2v) is 9.37. The standard InChI is InChI=1S/C27H41NO7/c29-25-21-26(30)24(17-9-4-7-15-22-13-5-3-6-14-22)23(25)16-8-1-2-10-18-27(31)34-19-11-12-20-35-28(32)33/h1,3,5-6,8,13-14,23-26,29-30H,2,4,7,9-12,15-21H2/b8-1-/t23-,24-,25+,26-/m1/s1. The molecule has 0 aromatic heterocycles. The highest BCUT2D eigenvalue weighted by atomic mass is 16.9. The minimum Gasteiger partial charge on any atom is -0.466 e. The number of hydrogen-bond acceptors (Lipinski definition) is 7. The first-order valence-electron chi connectivity index (χ1n) is 13.0. The summed E-state index contributed by atoms with van der Waals surface area (Å²) in [5.41, 5.74) is 1.36. The van der Waals surface area contributed by atoms with Crippen LogP contribution < -0.4 is 0 Å². The van der Waals surface area contributed by atoms with Crippen molar-refractivity contribution in [3.8, 4) is 0 Å². The Morgan fingerprint density at radius 1 is 0.971 bits per heavy atom. The fourth-order valence-electron chi connectivity index (χ4n) is 4.77. The zero-order valence-electron chi connectivity index (χ0n) is 20.6. The van der Waals surface area contributed by atoms with E-state index in [1.54, 1.807) is 0 Å². The summed E-state index contributed by atoms with van der Waals surface area (Å²) in [7, 11) is 0. The predicted molar refractivity (Wildman–Crippen MR) is 133 cm³/mol. The zero-order valence-corrected chi connectivity index (χ0v) is 20.6. The number of hydrogen-bond donors (Lipinski definition) is 2. The van der Waals surface area contributed by atoms with Gasteiger partial charge in [-0.2, -0.15) is 0 Å². The van der Waals surface area contributed by atoms with E-state index in [4.69, 9.17) is 4.74 Å².